The van der Waals surface area contributed by atoms with Gasteiger partial charge in [0.05, 0.1) is 43.7 Å². The highest BCUT2D eigenvalue weighted by Crippen LogP contribution is 2.36. The zero-order valence-corrected chi connectivity index (χ0v) is 40.8. The molecule has 0 saturated heterocycles. The topological polar surface area (TPSA) is 202 Å². The second kappa shape index (κ2) is 21.3. The van der Waals surface area contributed by atoms with Gasteiger partial charge in [0.25, 0.3) is 20.2 Å². The van der Waals surface area contributed by atoms with Crippen LogP contribution in [0.25, 0.3) is 11.1 Å². The van der Waals surface area contributed by atoms with E-state index in [4.69, 9.17) is 5.26 Å². The molecule has 0 amide bonds. The van der Waals surface area contributed by atoms with Gasteiger partial charge in [-0.25, -0.2) is 18.9 Å². The number of sulfone groups is 1. The van der Waals surface area contributed by atoms with Crippen LogP contribution in [0, 0.1) is 6.92 Å². The van der Waals surface area contributed by atoms with Crippen LogP contribution in [-0.4, -0.2) is 66.7 Å². The fourth-order valence-corrected chi connectivity index (χ4v) is 11.7. The molecule has 67 heavy (non-hydrogen) atoms. The summed E-state index contributed by atoms with van der Waals surface area (Å²) in [5.41, 5.74) is 7.43. The zero-order valence-electron chi connectivity index (χ0n) is 36.7. The first-order valence-electron chi connectivity index (χ1n) is 20.3. The number of benzene rings is 6. The SMILES string of the molecule is C=CCc1cc([B]C)ccc1C(C)(C)c1ccc([B]c2ccc(-c3ccc([B]c4ccc(S(=O)(=O)c5ccc(C)c(SOO)c5)cc4S(=O)(=O)O)c(SOO)c3)cc2S(=O)(=O)O)cc1CC=C. The van der Waals surface area contributed by atoms with Gasteiger partial charge in [-0.3, -0.25) is 9.11 Å². The molecule has 0 unspecified atom stereocenters. The lowest BCUT2D eigenvalue weighted by molar-refractivity contribution is -0.116. The average Bonchev–Trinajstić information content (AvgIpc) is 3.27. The van der Waals surface area contributed by atoms with E-state index < -0.39 is 45.3 Å². The fraction of sp³-hybridized carbons (Fsp3) is 0.149. The number of aryl methyl sites for hydroxylation is 1. The Morgan fingerprint density at radius 3 is 1.67 bits per heavy atom. The van der Waals surface area contributed by atoms with E-state index in [0.717, 1.165) is 39.8 Å². The number of hydrogen-bond acceptors (Lipinski definition) is 12. The summed E-state index contributed by atoms with van der Waals surface area (Å²) in [4.78, 5) is -1.31. The van der Waals surface area contributed by atoms with Crippen molar-refractivity contribution in [1.29, 1.82) is 0 Å². The number of allylic oxidation sites excluding steroid dienone is 2. The van der Waals surface area contributed by atoms with Gasteiger partial charge in [-0.05, 0) is 95.1 Å². The monoisotopic (exact) mass is 993 g/mol. The Balaban J connectivity index is 1.33. The summed E-state index contributed by atoms with van der Waals surface area (Å²) < 4.78 is 108. The minimum Gasteiger partial charge on any atom is -0.282 e. The Morgan fingerprint density at radius 2 is 1.09 bits per heavy atom. The maximum atomic E-state index is 13.6. The lowest BCUT2D eigenvalue weighted by Crippen LogP contribution is -2.33. The first kappa shape index (κ1) is 51.7. The predicted octanol–water partition coefficient (Wildman–Crippen LogP) is 6.45. The van der Waals surface area contributed by atoms with Gasteiger partial charge in [0.1, 0.15) is 7.28 Å². The van der Waals surface area contributed by atoms with Crippen molar-refractivity contribution >= 4 is 103 Å². The van der Waals surface area contributed by atoms with E-state index >= 15 is 0 Å². The van der Waals surface area contributed by atoms with E-state index in [0.29, 0.717) is 59.1 Å². The first-order chi connectivity index (χ1) is 31.7. The van der Waals surface area contributed by atoms with Crippen molar-refractivity contribution in [1.82, 2.24) is 0 Å². The van der Waals surface area contributed by atoms with E-state index in [-0.39, 0.29) is 36.0 Å². The van der Waals surface area contributed by atoms with E-state index in [1.165, 1.54) is 49.7 Å². The molecule has 343 valence electrons. The van der Waals surface area contributed by atoms with Crippen molar-refractivity contribution in [3.8, 4) is 11.1 Å². The van der Waals surface area contributed by atoms with E-state index in [1.54, 1.807) is 32.4 Å². The van der Waals surface area contributed by atoms with Gasteiger partial charge < -0.3 is 0 Å². The summed E-state index contributed by atoms with van der Waals surface area (Å²) in [5.74, 6) is 0. The van der Waals surface area contributed by atoms with Crippen LogP contribution in [0.5, 0.6) is 0 Å². The molecule has 6 aromatic rings. The maximum Gasteiger partial charge on any atom is 0.294 e. The highest BCUT2D eigenvalue weighted by atomic mass is 32.2. The Hall–Kier alpha value is -4.70. The molecule has 0 aliphatic rings. The smallest absolute Gasteiger partial charge is 0.282 e. The largest absolute Gasteiger partial charge is 0.294 e. The van der Waals surface area contributed by atoms with Gasteiger partial charge in [-0.15, -0.1) is 13.2 Å². The molecule has 0 heterocycles. The number of hydrogen-bond donors (Lipinski definition) is 4. The Labute approximate surface area is 403 Å². The van der Waals surface area contributed by atoms with Crippen molar-refractivity contribution in [3.63, 3.8) is 0 Å². The standard InChI is InChI=1S/C47H44B3O12S5/c1-7-9-32-23-34(48-6)14-18-38(32)47(4,5)39-19-15-35(24-33(39)10-8-2)49-41-21-13-31(26-45(41)66(55,56)57)30-12-20-40(44(25-30)64-62-52)50-42-22-17-37(28-46(42)67(58,59)60)65(53,54)36-16-11-29(3)43(27-36)63-61-51/h7-8,11-28,51-52H,1-2,9-10H2,3-6H3,(H,55,56,57)(H,58,59,60). The third-order valence-corrected chi connectivity index (χ3v) is 16.1. The first-order valence-corrected chi connectivity index (χ1v) is 26.2. The van der Waals surface area contributed by atoms with Crippen LogP contribution in [0.3, 0.4) is 0 Å². The molecule has 6 aromatic carbocycles. The van der Waals surface area contributed by atoms with Crippen molar-refractivity contribution in [2.75, 3.05) is 0 Å². The Bertz CT molecular complexity index is 3220. The molecular weight excluding hydrogens is 949 g/mol. The van der Waals surface area contributed by atoms with Gasteiger partial charge in [0.15, 0.2) is 14.6 Å². The zero-order chi connectivity index (χ0) is 48.9. The third-order valence-electron chi connectivity index (χ3n) is 11.2. The molecule has 0 aliphatic carbocycles. The third kappa shape index (κ3) is 11.8. The summed E-state index contributed by atoms with van der Waals surface area (Å²) >= 11 is 1.01. The molecule has 0 saturated carbocycles. The van der Waals surface area contributed by atoms with Crippen molar-refractivity contribution in [2.45, 2.75) is 75.2 Å². The van der Waals surface area contributed by atoms with Crippen LogP contribution < -0.4 is 27.3 Å². The summed E-state index contributed by atoms with van der Waals surface area (Å²) in [6.45, 7) is 15.9. The molecule has 0 aliphatic heterocycles. The van der Waals surface area contributed by atoms with Gasteiger partial charge in [0.2, 0.25) is 9.84 Å². The minimum atomic E-state index is -5.03. The summed E-state index contributed by atoms with van der Waals surface area (Å²) in [7, 11) is -9.13. The fourth-order valence-electron chi connectivity index (χ4n) is 7.90. The Kier molecular flexibility index (Phi) is 16.4. The molecule has 4 N–H and O–H groups in total. The van der Waals surface area contributed by atoms with Crippen molar-refractivity contribution in [3.05, 3.63) is 162 Å². The van der Waals surface area contributed by atoms with Crippen molar-refractivity contribution in [2.24, 2.45) is 0 Å². The van der Waals surface area contributed by atoms with Crippen molar-refractivity contribution < 1.29 is 53.5 Å². The second-order valence-electron chi connectivity index (χ2n) is 15.9. The molecule has 0 aromatic heterocycles. The van der Waals surface area contributed by atoms with Gasteiger partial charge >= 0.3 is 0 Å². The van der Waals surface area contributed by atoms with E-state index in [2.05, 4.69) is 61.2 Å². The van der Waals surface area contributed by atoms with Crippen LogP contribution in [0.4, 0.5) is 0 Å². The van der Waals surface area contributed by atoms with Crippen LogP contribution >= 0.6 is 24.1 Å². The highest BCUT2D eigenvalue weighted by molar-refractivity contribution is 7.95. The quantitative estimate of drug-likeness (QED) is 0.0162. The molecule has 0 spiro atoms. The van der Waals surface area contributed by atoms with Crippen LogP contribution in [0.1, 0.15) is 41.7 Å². The Morgan fingerprint density at radius 1 is 0.597 bits per heavy atom. The highest BCUT2D eigenvalue weighted by Gasteiger charge is 2.29. The molecule has 0 atom stereocenters. The number of rotatable bonds is 20. The normalized spacial score (nSPS) is 12.1. The molecular formula is C47H44B3O12S5. The second-order valence-corrected chi connectivity index (χ2v) is 22.2. The van der Waals surface area contributed by atoms with Gasteiger partial charge in [0, 0.05) is 15.2 Å². The molecule has 20 heteroatoms. The molecule has 12 nitrogen and oxygen atoms in total. The molecule has 0 bridgehead atoms. The van der Waals surface area contributed by atoms with Gasteiger partial charge in [-0.2, -0.15) is 25.5 Å². The molecule has 6 rings (SSSR count). The summed E-state index contributed by atoms with van der Waals surface area (Å²) in [5, 5.41) is 18.4. The average molecular weight is 994 g/mol. The van der Waals surface area contributed by atoms with Crippen LogP contribution in [0.15, 0.2) is 164 Å². The summed E-state index contributed by atoms with van der Waals surface area (Å²) in [6.07, 6.45) is 4.93. The van der Waals surface area contributed by atoms with Gasteiger partial charge in [-0.1, -0.05) is 133 Å². The maximum absolute atomic E-state index is 13.6. The van der Waals surface area contributed by atoms with E-state index in [9.17, 15) is 39.6 Å². The summed E-state index contributed by atoms with van der Waals surface area (Å²) in [6, 6.07) is 28.6. The minimum absolute atomic E-state index is 0.119. The molecule has 3 radical (unpaired) electrons. The van der Waals surface area contributed by atoms with Crippen LogP contribution in [0.2, 0.25) is 6.82 Å². The van der Waals surface area contributed by atoms with Crippen LogP contribution in [-0.2, 0) is 57.0 Å². The predicted molar refractivity (Wildman–Crippen MR) is 268 cm³/mol. The van der Waals surface area contributed by atoms with E-state index in [1.807, 2.05) is 37.2 Å². The molecule has 0 fully saturated rings. The lowest BCUT2D eigenvalue weighted by atomic mass is 9.62. The lowest BCUT2D eigenvalue weighted by Gasteiger charge is -2.31.